The first-order valence-corrected chi connectivity index (χ1v) is 11.7. The van der Waals surface area contributed by atoms with E-state index in [1.807, 2.05) is 45.8 Å². The molecule has 3 N–H and O–H groups in total. The number of fused-ring (bicyclic) bond motifs is 1. The first kappa shape index (κ1) is 27.1. The van der Waals surface area contributed by atoms with Crippen molar-refractivity contribution in [3.8, 4) is 22.5 Å². The maximum atomic E-state index is 12.3. The fourth-order valence-corrected chi connectivity index (χ4v) is 4.28. The van der Waals surface area contributed by atoms with Gasteiger partial charge in [0.25, 0.3) is 0 Å². The van der Waals surface area contributed by atoms with E-state index in [9.17, 15) is 23.1 Å². The van der Waals surface area contributed by atoms with E-state index in [1.165, 1.54) is 0 Å². The Morgan fingerprint density at radius 1 is 1.11 bits per heavy atom. The Hall–Kier alpha value is -3.90. The van der Waals surface area contributed by atoms with E-state index in [1.54, 1.807) is 29.7 Å². The second-order valence-electron chi connectivity index (χ2n) is 8.81. The highest BCUT2D eigenvalue weighted by Gasteiger charge is 2.27. The van der Waals surface area contributed by atoms with Gasteiger partial charge in [-0.05, 0) is 49.2 Å². The van der Waals surface area contributed by atoms with Gasteiger partial charge in [-0.1, -0.05) is 12.1 Å². The van der Waals surface area contributed by atoms with Gasteiger partial charge in [-0.3, -0.25) is 4.40 Å². The lowest BCUT2D eigenvalue weighted by molar-refractivity contribution is -0.122. The summed E-state index contributed by atoms with van der Waals surface area (Å²) in [6.45, 7) is -0.0305. The van der Waals surface area contributed by atoms with E-state index in [0.29, 0.717) is 23.6 Å². The molecule has 5 rings (SSSR count). The van der Waals surface area contributed by atoms with E-state index >= 15 is 0 Å². The molecule has 1 aromatic carbocycles. The van der Waals surface area contributed by atoms with Crippen LogP contribution in [0.5, 0.6) is 0 Å². The van der Waals surface area contributed by atoms with Crippen LogP contribution in [0.15, 0.2) is 60.9 Å². The Balaban J connectivity index is 0.00000336. The average molecular weight is 548 g/mol. The molecule has 0 spiro atoms. The van der Waals surface area contributed by atoms with Crippen molar-refractivity contribution in [3.05, 3.63) is 60.9 Å². The molecule has 4 heterocycles. The highest BCUT2D eigenvalue weighted by molar-refractivity contribution is 5.90. The van der Waals surface area contributed by atoms with Gasteiger partial charge in [0.2, 0.25) is 0 Å². The third-order valence-electron chi connectivity index (χ3n) is 6.05. The summed E-state index contributed by atoms with van der Waals surface area (Å²) in [7, 11) is 0. The molecule has 1 atom stereocenters. The van der Waals surface area contributed by atoms with Gasteiger partial charge in [0.1, 0.15) is 12.2 Å². The molecule has 0 aliphatic carbocycles. The van der Waals surface area contributed by atoms with Gasteiger partial charge in [-0.25, -0.2) is 9.78 Å². The van der Waals surface area contributed by atoms with Gasteiger partial charge in [0, 0.05) is 36.1 Å². The van der Waals surface area contributed by atoms with E-state index in [2.05, 4.69) is 20.5 Å². The van der Waals surface area contributed by atoms with Crippen molar-refractivity contribution >= 4 is 35.6 Å². The van der Waals surface area contributed by atoms with Crippen LogP contribution in [0.4, 0.5) is 29.5 Å². The number of anilines is 2. The van der Waals surface area contributed by atoms with Crippen LogP contribution in [0.3, 0.4) is 0 Å². The number of amides is 2. The number of pyridine rings is 1. The number of aliphatic hydroxyl groups is 1. The van der Waals surface area contributed by atoms with E-state index in [4.69, 9.17) is 0 Å². The third-order valence-corrected chi connectivity index (χ3v) is 6.05. The lowest BCUT2D eigenvalue weighted by Gasteiger charge is -2.30. The molecule has 200 valence electrons. The molecule has 0 saturated carbocycles. The summed E-state index contributed by atoms with van der Waals surface area (Å²) >= 11 is 0. The number of carbonyl (C=O) groups excluding carboxylic acids is 1. The van der Waals surface area contributed by atoms with Crippen LogP contribution in [-0.2, 0) is 0 Å². The first-order chi connectivity index (χ1) is 17.7. The predicted molar refractivity (Wildman–Crippen MR) is 139 cm³/mol. The smallest absolute Gasteiger partial charge is 0.391 e. The number of carbonyl (C=O) groups is 1. The SMILES string of the molecule is Cl.O=C(NCC(F)(F)F)Nc1cccc(-c2cnc3cc(-c4ccc(N5CCCC(O)C5)nn4)ccn23)c1. The summed E-state index contributed by atoms with van der Waals surface area (Å²) in [4.78, 5) is 18.3. The molecule has 3 aromatic heterocycles. The molecular formula is C25H25ClF3N7O2. The Bertz CT molecular complexity index is 1410. The number of piperidine rings is 1. The number of β-amino-alcohol motifs (C(OH)–C–C–N with tert-alkyl or cyclic N) is 1. The number of nitrogens with one attached hydrogen (secondary N) is 2. The van der Waals surface area contributed by atoms with Gasteiger partial charge < -0.3 is 20.6 Å². The van der Waals surface area contributed by atoms with Crippen LogP contribution in [0.1, 0.15) is 12.8 Å². The fourth-order valence-electron chi connectivity index (χ4n) is 4.28. The zero-order chi connectivity index (χ0) is 26.0. The Kier molecular flexibility index (Phi) is 8.02. The number of urea groups is 1. The molecular weight excluding hydrogens is 523 g/mol. The van der Waals surface area contributed by atoms with Gasteiger partial charge >= 0.3 is 12.2 Å². The molecule has 1 unspecified atom stereocenters. The number of rotatable bonds is 5. The number of aromatic nitrogens is 4. The van der Waals surface area contributed by atoms with Crippen molar-refractivity contribution < 1.29 is 23.1 Å². The second-order valence-corrected chi connectivity index (χ2v) is 8.81. The van der Waals surface area contributed by atoms with Crippen molar-refractivity contribution in [1.82, 2.24) is 24.9 Å². The maximum Gasteiger partial charge on any atom is 0.405 e. The van der Waals surface area contributed by atoms with E-state index in [-0.39, 0.29) is 18.5 Å². The average Bonchev–Trinajstić information content (AvgIpc) is 3.31. The van der Waals surface area contributed by atoms with E-state index in [0.717, 1.165) is 42.0 Å². The zero-order valence-electron chi connectivity index (χ0n) is 20.0. The number of hydrogen-bond donors (Lipinski definition) is 3. The summed E-state index contributed by atoms with van der Waals surface area (Å²) in [5.74, 6) is 0.729. The standard InChI is InChI=1S/C25H24F3N7O2.ClH/c26-25(27,28)15-30-24(37)31-18-4-1-3-17(11-18)21-13-29-23-12-16(8-10-35(21)23)20-6-7-22(33-32-20)34-9-2-5-19(36)14-34;/h1,3-4,6-8,10-13,19,36H,2,5,9,14-15H2,(H2,30,31,37);1H. The summed E-state index contributed by atoms with van der Waals surface area (Å²) in [6.07, 6.45) is 0.396. The van der Waals surface area contributed by atoms with Crippen molar-refractivity contribution in [3.63, 3.8) is 0 Å². The summed E-state index contributed by atoms with van der Waals surface area (Å²) in [5.41, 5.74) is 4.00. The zero-order valence-corrected chi connectivity index (χ0v) is 20.8. The monoisotopic (exact) mass is 547 g/mol. The molecule has 4 aromatic rings. The molecule has 1 fully saturated rings. The lowest BCUT2D eigenvalue weighted by atomic mass is 10.1. The fraction of sp³-hybridized carbons (Fsp3) is 0.280. The molecule has 9 nitrogen and oxygen atoms in total. The van der Waals surface area contributed by atoms with Crippen LogP contribution in [0, 0.1) is 0 Å². The minimum atomic E-state index is -4.49. The number of imidazole rings is 1. The van der Waals surface area contributed by atoms with Crippen molar-refractivity contribution in [2.75, 3.05) is 29.9 Å². The molecule has 0 radical (unpaired) electrons. The summed E-state index contributed by atoms with van der Waals surface area (Å²) in [6, 6.07) is 13.4. The van der Waals surface area contributed by atoms with E-state index < -0.39 is 18.8 Å². The van der Waals surface area contributed by atoms with Gasteiger partial charge in [0.15, 0.2) is 5.82 Å². The highest BCUT2D eigenvalue weighted by Crippen LogP contribution is 2.27. The second kappa shape index (κ2) is 11.2. The number of hydrogen-bond acceptors (Lipinski definition) is 6. The maximum absolute atomic E-state index is 12.3. The number of aliphatic hydroxyl groups excluding tert-OH is 1. The van der Waals surface area contributed by atoms with Crippen LogP contribution >= 0.6 is 12.4 Å². The van der Waals surface area contributed by atoms with Crippen molar-refractivity contribution in [2.45, 2.75) is 25.1 Å². The minimum Gasteiger partial charge on any atom is -0.391 e. The number of benzene rings is 1. The number of alkyl halides is 3. The molecule has 13 heteroatoms. The quantitative estimate of drug-likeness (QED) is 0.339. The molecule has 1 aliphatic heterocycles. The molecule has 38 heavy (non-hydrogen) atoms. The molecule has 1 aliphatic rings. The summed E-state index contributed by atoms with van der Waals surface area (Å²) in [5, 5.41) is 22.8. The van der Waals surface area contributed by atoms with Crippen molar-refractivity contribution in [1.29, 1.82) is 0 Å². The first-order valence-electron chi connectivity index (χ1n) is 11.7. The third kappa shape index (κ3) is 6.32. The van der Waals surface area contributed by atoms with Crippen LogP contribution < -0.4 is 15.5 Å². The predicted octanol–water partition coefficient (Wildman–Crippen LogP) is 4.53. The molecule has 1 saturated heterocycles. The normalized spacial score (nSPS) is 15.7. The van der Waals surface area contributed by atoms with Gasteiger partial charge in [0.05, 0.1) is 23.7 Å². The van der Waals surface area contributed by atoms with Crippen LogP contribution in [-0.4, -0.2) is 62.6 Å². The summed E-state index contributed by atoms with van der Waals surface area (Å²) < 4.78 is 38.8. The van der Waals surface area contributed by atoms with Crippen molar-refractivity contribution in [2.24, 2.45) is 0 Å². The highest BCUT2D eigenvalue weighted by atomic mass is 35.5. The Morgan fingerprint density at radius 3 is 2.68 bits per heavy atom. The number of nitrogens with zero attached hydrogens (tertiary/aromatic N) is 5. The van der Waals surface area contributed by atoms with Crippen LogP contribution in [0.2, 0.25) is 0 Å². The number of halogens is 4. The van der Waals surface area contributed by atoms with Gasteiger partial charge in [-0.2, -0.15) is 13.2 Å². The largest absolute Gasteiger partial charge is 0.405 e. The molecule has 0 bridgehead atoms. The lowest BCUT2D eigenvalue weighted by Crippen LogP contribution is -2.38. The van der Waals surface area contributed by atoms with Gasteiger partial charge in [-0.15, -0.1) is 22.6 Å². The molecule has 2 amide bonds. The Morgan fingerprint density at radius 2 is 1.95 bits per heavy atom. The topological polar surface area (TPSA) is 108 Å². The minimum absolute atomic E-state index is 0. The Labute approximate surface area is 222 Å². The van der Waals surface area contributed by atoms with Crippen LogP contribution in [0.25, 0.3) is 28.2 Å².